The summed E-state index contributed by atoms with van der Waals surface area (Å²) < 4.78 is 0. The molecule has 2 heterocycles. The molecular weight excluding hydrogens is 152 g/mol. The molecule has 12 heavy (non-hydrogen) atoms. The van der Waals surface area contributed by atoms with Gasteiger partial charge >= 0.3 is 0 Å². The van der Waals surface area contributed by atoms with Crippen molar-refractivity contribution in [3.05, 3.63) is 10.4 Å². The highest BCUT2D eigenvalue weighted by atomic mass is 15.2. The van der Waals surface area contributed by atoms with E-state index in [1.807, 2.05) is 0 Å². The maximum atomic E-state index is 8.32. The SMILES string of the molecule is CN1[C@@H]2CC[C@H]1CC(N=[N+]=[N-])C2. The van der Waals surface area contributed by atoms with Crippen molar-refractivity contribution < 1.29 is 0 Å². The van der Waals surface area contributed by atoms with Crippen molar-refractivity contribution in [1.82, 2.24) is 4.90 Å². The van der Waals surface area contributed by atoms with Crippen LogP contribution in [0.5, 0.6) is 0 Å². The average molecular weight is 166 g/mol. The molecule has 0 amide bonds. The van der Waals surface area contributed by atoms with Crippen molar-refractivity contribution in [3.63, 3.8) is 0 Å². The van der Waals surface area contributed by atoms with Crippen LogP contribution < -0.4 is 0 Å². The first-order valence-corrected chi connectivity index (χ1v) is 4.57. The van der Waals surface area contributed by atoms with Crippen LogP contribution in [0.15, 0.2) is 5.11 Å². The summed E-state index contributed by atoms with van der Waals surface area (Å²) in [6, 6.07) is 1.63. The van der Waals surface area contributed by atoms with Gasteiger partial charge in [0.1, 0.15) is 0 Å². The van der Waals surface area contributed by atoms with Crippen LogP contribution in [0, 0.1) is 0 Å². The van der Waals surface area contributed by atoms with Crippen molar-refractivity contribution >= 4 is 0 Å². The Morgan fingerprint density at radius 3 is 2.42 bits per heavy atom. The lowest BCUT2D eigenvalue weighted by Crippen LogP contribution is -2.41. The normalized spacial score (nSPS) is 40.9. The van der Waals surface area contributed by atoms with Gasteiger partial charge in [-0.1, -0.05) is 5.11 Å². The summed E-state index contributed by atoms with van der Waals surface area (Å²) in [5.74, 6) is 0. The molecule has 0 aliphatic carbocycles. The van der Waals surface area contributed by atoms with Gasteiger partial charge in [-0.3, -0.25) is 0 Å². The average Bonchev–Trinajstić information content (AvgIpc) is 2.33. The van der Waals surface area contributed by atoms with Crippen molar-refractivity contribution in [3.8, 4) is 0 Å². The molecule has 3 atom stereocenters. The molecule has 4 nitrogen and oxygen atoms in total. The Hall–Kier alpha value is -0.730. The Morgan fingerprint density at radius 1 is 1.33 bits per heavy atom. The van der Waals surface area contributed by atoms with Crippen LogP contribution in [0.2, 0.25) is 0 Å². The lowest BCUT2D eigenvalue weighted by Gasteiger charge is -2.34. The molecule has 0 aromatic heterocycles. The fourth-order valence-electron chi connectivity index (χ4n) is 2.55. The molecule has 0 N–H and O–H groups in total. The fourth-order valence-corrected chi connectivity index (χ4v) is 2.55. The molecule has 2 saturated heterocycles. The van der Waals surface area contributed by atoms with E-state index in [1.165, 1.54) is 12.8 Å². The first-order valence-electron chi connectivity index (χ1n) is 4.57. The van der Waals surface area contributed by atoms with Gasteiger partial charge < -0.3 is 4.90 Å². The quantitative estimate of drug-likeness (QED) is 0.333. The molecule has 0 aromatic carbocycles. The molecule has 0 radical (unpaired) electrons. The molecule has 2 rings (SSSR count). The second-order valence-electron chi connectivity index (χ2n) is 3.88. The summed E-state index contributed by atoms with van der Waals surface area (Å²) in [7, 11) is 2.19. The van der Waals surface area contributed by atoms with E-state index < -0.39 is 0 Å². The van der Waals surface area contributed by atoms with Crippen LogP contribution in [0.4, 0.5) is 0 Å². The molecule has 66 valence electrons. The zero-order chi connectivity index (χ0) is 8.55. The van der Waals surface area contributed by atoms with E-state index in [2.05, 4.69) is 22.0 Å². The Kier molecular flexibility index (Phi) is 1.95. The van der Waals surface area contributed by atoms with Gasteiger partial charge in [-0.25, -0.2) is 0 Å². The Bertz CT molecular complexity index is 207. The number of nitrogens with zero attached hydrogens (tertiary/aromatic N) is 4. The van der Waals surface area contributed by atoms with Gasteiger partial charge in [0.2, 0.25) is 0 Å². The van der Waals surface area contributed by atoms with E-state index in [-0.39, 0.29) is 6.04 Å². The van der Waals surface area contributed by atoms with Gasteiger partial charge in [0.15, 0.2) is 0 Å². The second-order valence-corrected chi connectivity index (χ2v) is 3.88. The van der Waals surface area contributed by atoms with E-state index >= 15 is 0 Å². The molecule has 4 heteroatoms. The van der Waals surface area contributed by atoms with Gasteiger partial charge in [0, 0.05) is 23.0 Å². The van der Waals surface area contributed by atoms with E-state index in [9.17, 15) is 0 Å². The largest absolute Gasteiger partial charge is 0.300 e. The summed E-state index contributed by atoms with van der Waals surface area (Å²) in [4.78, 5) is 5.34. The second kappa shape index (κ2) is 2.96. The van der Waals surface area contributed by atoms with Gasteiger partial charge in [-0.15, -0.1) is 0 Å². The van der Waals surface area contributed by atoms with Gasteiger partial charge in [-0.2, -0.15) is 0 Å². The first kappa shape index (κ1) is 7.90. The highest BCUT2D eigenvalue weighted by Gasteiger charge is 2.37. The minimum Gasteiger partial charge on any atom is -0.300 e. The molecule has 1 unspecified atom stereocenters. The number of rotatable bonds is 1. The summed E-state index contributed by atoms with van der Waals surface area (Å²) >= 11 is 0. The third kappa shape index (κ3) is 1.17. The minimum absolute atomic E-state index is 0.267. The molecule has 2 bridgehead atoms. The Labute approximate surface area is 72.2 Å². The van der Waals surface area contributed by atoms with E-state index in [0.29, 0.717) is 12.1 Å². The summed E-state index contributed by atoms with van der Waals surface area (Å²) in [5.41, 5.74) is 8.32. The van der Waals surface area contributed by atoms with Crippen molar-refractivity contribution in [2.24, 2.45) is 5.11 Å². The van der Waals surface area contributed by atoms with Gasteiger partial charge in [0.05, 0.1) is 0 Å². The third-order valence-electron chi connectivity index (χ3n) is 3.29. The fraction of sp³-hybridized carbons (Fsp3) is 1.00. The van der Waals surface area contributed by atoms with E-state index in [1.54, 1.807) is 0 Å². The zero-order valence-electron chi connectivity index (χ0n) is 7.35. The summed E-state index contributed by atoms with van der Waals surface area (Å²) in [6.07, 6.45) is 4.71. The number of azide groups is 1. The van der Waals surface area contributed by atoms with Crippen molar-refractivity contribution in [2.45, 2.75) is 43.8 Å². The third-order valence-corrected chi connectivity index (χ3v) is 3.29. The number of hydrogen-bond donors (Lipinski definition) is 0. The predicted octanol–water partition coefficient (Wildman–Crippen LogP) is 1.92. The Morgan fingerprint density at radius 2 is 1.92 bits per heavy atom. The molecule has 2 aliphatic rings. The van der Waals surface area contributed by atoms with Crippen LogP contribution >= 0.6 is 0 Å². The predicted molar refractivity (Wildman–Crippen MR) is 46.7 cm³/mol. The van der Waals surface area contributed by atoms with E-state index in [4.69, 9.17) is 5.53 Å². The summed E-state index contributed by atoms with van der Waals surface area (Å²) in [5, 5.41) is 3.81. The van der Waals surface area contributed by atoms with Gasteiger partial charge in [-0.05, 0) is 38.3 Å². The Balaban J connectivity index is 2.07. The van der Waals surface area contributed by atoms with Gasteiger partial charge in [0.25, 0.3) is 0 Å². The smallest absolute Gasteiger partial charge is 0.0403 e. The van der Waals surface area contributed by atoms with Crippen LogP contribution in [0.25, 0.3) is 10.4 Å². The molecule has 2 aliphatic heterocycles. The highest BCUT2D eigenvalue weighted by molar-refractivity contribution is 4.95. The van der Waals surface area contributed by atoms with Crippen LogP contribution in [-0.2, 0) is 0 Å². The monoisotopic (exact) mass is 166 g/mol. The lowest BCUT2D eigenvalue weighted by atomic mass is 9.99. The van der Waals surface area contributed by atoms with Crippen LogP contribution in [-0.4, -0.2) is 30.1 Å². The van der Waals surface area contributed by atoms with E-state index in [0.717, 1.165) is 12.8 Å². The maximum absolute atomic E-state index is 8.32. The lowest BCUT2D eigenvalue weighted by molar-refractivity contribution is 0.163. The zero-order valence-corrected chi connectivity index (χ0v) is 7.35. The van der Waals surface area contributed by atoms with Crippen molar-refractivity contribution in [1.29, 1.82) is 0 Å². The van der Waals surface area contributed by atoms with Crippen molar-refractivity contribution in [2.75, 3.05) is 7.05 Å². The first-order chi connectivity index (χ1) is 5.81. The summed E-state index contributed by atoms with van der Waals surface area (Å²) in [6.45, 7) is 0. The van der Waals surface area contributed by atoms with Crippen LogP contribution in [0.1, 0.15) is 25.7 Å². The standard InChI is InChI=1S/C8H14N4/c1-12-7-2-3-8(12)5-6(4-7)10-11-9/h6-8H,2-5H2,1H3/t6?,7-,8+. The minimum atomic E-state index is 0.267. The number of piperidine rings is 1. The molecule has 0 saturated carbocycles. The molecule has 2 fully saturated rings. The molecular formula is C8H14N4. The molecule has 0 spiro atoms. The number of fused-ring (bicyclic) bond motifs is 2. The maximum Gasteiger partial charge on any atom is 0.0403 e. The number of hydrogen-bond acceptors (Lipinski definition) is 2. The molecule has 0 aromatic rings. The highest BCUT2D eigenvalue weighted by Crippen LogP contribution is 2.35. The van der Waals surface area contributed by atoms with Crippen LogP contribution in [0.3, 0.4) is 0 Å². The topological polar surface area (TPSA) is 52.0 Å².